The van der Waals surface area contributed by atoms with Crippen molar-refractivity contribution in [2.45, 2.75) is 20.4 Å². The molecule has 1 heterocycles. The van der Waals surface area contributed by atoms with Gasteiger partial charge in [0.05, 0.1) is 36.3 Å². The third-order valence-corrected chi connectivity index (χ3v) is 4.47. The molecule has 0 radical (unpaired) electrons. The number of nitrogens with one attached hydrogen (secondary N) is 1. The molecule has 1 N–H and O–H groups in total. The molecule has 0 fully saturated rings. The van der Waals surface area contributed by atoms with Gasteiger partial charge in [-0.15, -0.1) is 0 Å². The van der Waals surface area contributed by atoms with Crippen LogP contribution in [-0.2, 0) is 11.3 Å². The summed E-state index contributed by atoms with van der Waals surface area (Å²) in [6, 6.07) is 12.7. The fourth-order valence-corrected chi connectivity index (χ4v) is 2.88. The normalized spacial score (nSPS) is 10.6. The Morgan fingerprint density at radius 2 is 1.71 bits per heavy atom. The average Bonchev–Trinajstić information content (AvgIpc) is 2.96. The number of anilines is 1. The van der Waals surface area contributed by atoms with Gasteiger partial charge >= 0.3 is 5.97 Å². The number of benzene rings is 2. The van der Waals surface area contributed by atoms with E-state index in [0.29, 0.717) is 28.1 Å². The SMILES string of the molecule is COC(=O)c1ccc(C(=O)Nc2c(C)nn(Cc3ccccc3F)c2C)cc1. The van der Waals surface area contributed by atoms with Crippen molar-refractivity contribution in [1.29, 1.82) is 0 Å². The van der Waals surface area contributed by atoms with Crippen LogP contribution in [0.1, 0.15) is 37.7 Å². The van der Waals surface area contributed by atoms with E-state index in [4.69, 9.17) is 0 Å². The highest BCUT2D eigenvalue weighted by molar-refractivity contribution is 6.05. The van der Waals surface area contributed by atoms with Gasteiger partial charge in [-0.1, -0.05) is 18.2 Å². The highest BCUT2D eigenvalue weighted by Gasteiger charge is 2.16. The molecule has 6 nitrogen and oxygen atoms in total. The van der Waals surface area contributed by atoms with E-state index in [2.05, 4.69) is 15.2 Å². The summed E-state index contributed by atoms with van der Waals surface area (Å²) in [6.07, 6.45) is 0. The summed E-state index contributed by atoms with van der Waals surface area (Å²) < 4.78 is 20.2. The van der Waals surface area contributed by atoms with Gasteiger partial charge in [-0.25, -0.2) is 9.18 Å². The number of hydrogen-bond donors (Lipinski definition) is 1. The Morgan fingerprint density at radius 3 is 2.36 bits per heavy atom. The molecule has 0 spiro atoms. The highest BCUT2D eigenvalue weighted by Crippen LogP contribution is 2.22. The summed E-state index contributed by atoms with van der Waals surface area (Å²) in [6.45, 7) is 3.86. The lowest BCUT2D eigenvalue weighted by atomic mass is 10.1. The Labute approximate surface area is 161 Å². The van der Waals surface area contributed by atoms with Gasteiger partial charge in [0.15, 0.2) is 0 Å². The number of amides is 1. The molecule has 0 aliphatic carbocycles. The molecule has 0 aliphatic rings. The first-order chi connectivity index (χ1) is 13.4. The van der Waals surface area contributed by atoms with E-state index >= 15 is 0 Å². The van der Waals surface area contributed by atoms with Gasteiger partial charge in [0, 0.05) is 11.1 Å². The quantitative estimate of drug-likeness (QED) is 0.684. The number of carbonyl (C=O) groups excluding carboxylic acids is 2. The van der Waals surface area contributed by atoms with Crippen LogP contribution in [0.15, 0.2) is 48.5 Å². The molecule has 3 rings (SSSR count). The minimum absolute atomic E-state index is 0.267. The molecule has 0 aliphatic heterocycles. The molecule has 0 saturated carbocycles. The van der Waals surface area contributed by atoms with Crippen LogP contribution < -0.4 is 5.32 Å². The van der Waals surface area contributed by atoms with E-state index in [1.54, 1.807) is 41.9 Å². The van der Waals surface area contributed by atoms with Gasteiger partial charge < -0.3 is 10.1 Å². The molecular formula is C21H20FN3O3. The summed E-state index contributed by atoms with van der Waals surface area (Å²) >= 11 is 0. The number of halogens is 1. The topological polar surface area (TPSA) is 73.2 Å². The third-order valence-electron chi connectivity index (χ3n) is 4.47. The fourth-order valence-electron chi connectivity index (χ4n) is 2.88. The summed E-state index contributed by atoms with van der Waals surface area (Å²) in [4.78, 5) is 24.1. The lowest BCUT2D eigenvalue weighted by Crippen LogP contribution is -2.14. The molecule has 0 unspecified atom stereocenters. The fraction of sp³-hybridized carbons (Fsp3) is 0.190. The molecule has 28 heavy (non-hydrogen) atoms. The number of carbonyl (C=O) groups is 2. The van der Waals surface area contributed by atoms with Crippen molar-refractivity contribution in [3.63, 3.8) is 0 Å². The van der Waals surface area contributed by atoms with Crippen molar-refractivity contribution < 1.29 is 18.7 Å². The Bertz CT molecular complexity index is 1030. The summed E-state index contributed by atoms with van der Waals surface area (Å²) in [7, 11) is 1.30. The first kappa shape index (κ1) is 19.3. The molecule has 1 amide bonds. The largest absolute Gasteiger partial charge is 0.465 e. The predicted octanol–water partition coefficient (Wildman–Crippen LogP) is 3.73. The first-order valence-electron chi connectivity index (χ1n) is 8.68. The van der Waals surface area contributed by atoms with Crippen molar-refractivity contribution in [1.82, 2.24) is 9.78 Å². The van der Waals surface area contributed by atoms with Crippen LogP contribution in [-0.4, -0.2) is 28.8 Å². The molecule has 1 aromatic heterocycles. The maximum Gasteiger partial charge on any atom is 0.337 e. The maximum absolute atomic E-state index is 13.9. The number of hydrogen-bond acceptors (Lipinski definition) is 4. The van der Waals surface area contributed by atoms with Crippen molar-refractivity contribution >= 4 is 17.6 Å². The number of aromatic nitrogens is 2. The molecule has 7 heteroatoms. The molecule has 144 valence electrons. The molecule has 2 aromatic carbocycles. The smallest absolute Gasteiger partial charge is 0.337 e. The minimum atomic E-state index is -0.465. The number of rotatable bonds is 5. The van der Waals surface area contributed by atoms with Crippen LogP contribution in [0.5, 0.6) is 0 Å². The standard InChI is InChI=1S/C21H20FN3O3/c1-13-19(14(2)25(24-13)12-17-6-4-5-7-18(17)22)23-20(26)15-8-10-16(11-9-15)21(27)28-3/h4-11H,12H2,1-3H3,(H,23,26). The second-order valence-corrected chi connectivity index (χ2v) is 6.32. The van der Waals surface area contributed by atoms with Gasteiger partial charge in [-0.05, 0) is 44.2 Å². The number of aryl methyl sites for hydroxylation is 1. The molecule has 3 aromatic rings. The minimum Gasteiger partial charge on any atom is -0.465 e. The lowest BCUT2D eigenvalue weighted by molar-refractivity contribution is 0.0600. The maximum atomic E-state index is 13.9. The zero-order valence-corrected chi connectivity index (χ0v) is 15.8. The molecule has 0 saturated heterocycles. The second kappa shape index (κ2) is 8.04. The Morgan fingerprint density at radius 1 is 1.07 bits per heavy atom. The number of esters is 1. The van der Waals surface area contributed by atoms with Crippen LogP contribution in [0, 0.1) is 19.7 Å². The zero-order valence-electron chi connectivity index (χ0n) is 15.8. The summed E-state index contributed by atoms with van der Waals surface area (Å²) in [5.41, 5.74) is 3.22. The predicted molar refractivity (Wildman–Crippen MR) is 103 cm³/mol. The summed E-state index contributed by atoms with van der Waals surface area (Å²) in [5.74, 6) is -1.09. The van der Waals surface area contributed by atoms with Crippen molar-refractivity contribution in [2.24, 2.45) is 0 Å². The highest BCUT2D eigenvalue weighted by atomic mass is 19.1. The number of methoxy groups -OCH3 is 1. The van der Waals surface area contributed by atoms with Gasteiger partial charge in [0.2, 0.25) is 0 Å². The van der Waals surface area contributed by atoms with Crippen LogP contribution in [0.3, 0.4) is 0 Å². The average molecular weight is 381 g/mol. The van der Waals surface area contributed by atoms with Gasteiger partial charge in [0.1, 0.15) is 5.82 Å². The molecular weight excluding hydrogens is 361 g/mol. The van der Waals surface area contributed by atoms with Crippen molar-refractivity contribution in [2.75, 3.05) is 12.4 Å². The molecule has 0 atom stereocenters. The van der Waals surface area contributed by atoms with Crippen LogP contribution in [0.4, 0.5) is 10.1 Å². The van der Waals surface area contributed by atoms with Crippen LogP contribution in [0.2, 0.25) is 0 Å². The molecule has 0 bridgehead atoms. The van der Waals surface area contributed by atoms with E-state index in [9.17, 15) is 14.0 Å². The van der Waals surface area contributed by atoms with Crippen LogP contribution in [0.25, 0.3) is 0 Å². The van der Waals surface area contributed by atoms with E-state index < -0.39 is 5.97 Å². The zero-order chi connectivity index (χ0) is 20.3. The van der Waals surface area contributed by atoms with Gasteiger partial charge in [0.25, 0.3) is 5.91 Å². The van der Waals surface area contributed by atoms with Crippen molar-refractivity contribution in [3.05, 3.63) is 82.4 Å². The van der Waals surface area contributed by atoms with E-state index in [1.807, 2.05) is 6.92 Å². The van der Waals surface area contributed by atoms with E-state index in [1.165, 1.54) is 25.3 Å². The Balaban J connectivity index is 1.79. The Hall–Kier alpha value is -3.48. The van der Waals surface area contributed by atoms with E-state index in [0.717, 1.165) is 5.69 Å². The van der Waals surface area contributed by atoms with Gasteiger partial charge in [-0.2, -0.15) is 5.10 Å². The first-order valence-corrected chi connectivity index (χ1v) is 8.68. The number of nitrogens with zero attached hydrogens (tertiary/aromatic N) is 2. The monoisotopic (exact) mass is 381 g/mol. The lowest BCUT2D eigenvalue weighted by Gasteiger charge is -2.08. The van der Waals surface area contributed by atoms with Crippen molar-refractivity contribution in [3.8, 4) is 0 Å². The van der Waals surface area contributed by atoms with Gasteiger partial charge in [-0.3, -0.25) is 9.48 Å². The Kier molecular flexibility index (Phi) is 5.54. The van der Waals surface area contributed by atoms with E-state index in [-0.39, 0.29) is 18.3 Å². The number of ether oxygens (including phenoxy) is 1. The second-order valence-electron chi connectivity index (χ2n) is 6.32. The van der Waals surface area contributed by atoms with Crippen LogP contribution >= 0.6 is 0 Å². The third kappa shape index (κ3) is 3.93. The summed E-state index contributed by atoms with van der Waals surface area (Å²) in [5, 5.41) is 7.26.